The lowest BCUT2D eigenvalue weighted by atomic mass is 9.86. The van der Waals surface area contributed by atoms with Gasteiger partial charge < -0.3 is 4.42 Å². The third-order valence-electron chi connectivity index (χ3n) is 6.57. The predicted octanol–water partition coefficient (Wildman–Crippen LogP) is 7.27. The van der Waals surface area contributed by atoms with Gasteiger partial charge in [-0.15, -0.1) is 0 Å². The number of aryl methyl sites for hydroxylation is 1. The molecule has 2 aliphatic carbocycles. The van der Waals surface area contributed by atoms with Crippen LogP contribution in [0.25, 0.3) is 49.9 Å². The van der Waals surface area contributed by atoms with Gasteiger partial charge in [-0.3, -0.25) is 0 Å². The summed E-state index contributed by atoms with van der Waals surface area (Å²) in [6.07, 6.45) is 7.81. The Kier molecular flexibility index (Phi) is 2.70. The van der Waals surface area contributed by atoms with E-state index in [0.717, 1.165) is 30.4 Å². The van der Waals surface area contributed by atoms with Crippen molar-refractivity contribution < 1.29 is 4.42 Å². The summed E-state index contributed by atoms with van der Waals surface area (Å²) in [5, 5.41) is 5.22. The number of benzene rings is 4. The first-order valence-electron chi connectivity index (χ1n) is 10.1. The standard InChI is InChI=1S/C27H18O/c1-2-8-17-16(7-1)15-23-19(17)13-14-21-18-9-3-4-10-20(18)25-22-11-5-6-12-24(22)28-27(25)26(21)23/h1-3,5-9,11-14H,4,10,15H2. The highest BCUT2D eigenvalue weighted by atomic mass is 16.3. The van der Waals surface area contributed by atoms with Gasteiger partial charge in [0, 0.05) is 16.2 Å². The van der Waals surface area contributed by atoms with Crippen LogP contribution in [0.1, 0.15) is 28.7 Å². The zero-order valence-corrected chi connectivity index (χ0v) is 15.5. The van der Waals surface area contributed by atoms with E-state index < -0.39 is 0 Å². The number of furan rings is 1. The van der Waals surface area contributed by atoms with E-state index >= 15 is 0 Å². The van der Waals surface area contributed by atoms with Gasteiger partial charge in [0.05, 0.1) is 0 Å². The number of allylic oxidation sites excluding steroid dienone is 1. The summed E-state index contributed by atoms with van der Waals surface area (Å²) < 4.78 is 6.53. The van der Waals surface area contributed by atoms with E-state index in [0.29, 0.717) is 0 Å². The molecule has 1 heterocycles. The maximum atomic E-state index is 6.53. The molecule has 0 unspecified atom stereocenters. The highest BCUT2D eigenvalue weighted by Crippen LogP contribution is 2.47. The molecule has 0 saturated heterocycles. The van der Waals surface area contributed by atoms with Gasteiger partial charge in [0.25, 0.3) is 0 Å². The first-order valence-corrected chi connectivity index (χ1v) is 10.1. The molecule has 0 aliphatic heterocycles. The topological polar surface area (TPSA) is 13.1 Å². The SMILES string of the molecule is C1=Cc2c(c3c4ccccc4oc3c3c4c(ccc23)-c2ccccc2C4)CC1. The van der Waals surface area contributed by atoms with E-state index in [1.165, 1.54) is 54.9 Å². The molecule has 1 nitrogen and oxygen atoms in total. The van der Waals surface area contributed by atoms with Crippen LogP contribution in [0.2, 0.25) is 0 Å². The van der Waals surface area contributed by atoms with Crippen molar-refractivity contribution in [3.63, 3.8) is 0 Å². The summed E-state index contributed by atoms with van der Waals surface area (Å²) in [6, 6.07) is 21.9. The zero-order valence-electron chi connectivity index (χ0n) is 15.5. The molecule has 28 heavy (non-hydrogen) atoms. The molecule has 0 fully saturated rings. The number of hydrogen-bond acceptors (Lipinski definition) is 1. The lowest BCUT2D eigenvalue weighted by molar-refractivity contribution is 0.672. The van der Waals surface area contributed by atoms with E-state index in [4.69, 9.17) is 4.42 Å². The Hall–Kier alpha value is -3.32. The van der Waals surface area contributed by atoms with Crippen LogP contribution in [0.4, 0.5) is 0 Å². The maximum absolute atomic E-state index is 6.53. The summed E-state index contributed by atoms with van der Waals surface area (Å²) in [7, 11) is 0. The van der Waals surface area contributed by atoms with Gasteiger partial charge in [-0.25, -0.2) is 0 Å². The predicted molar refractivity (Wildman–Crippen MR) is 117 cm³/mol. The van der Waals surface area contributed by atoms with Crippen molar-refractivity contribution in [3.05, 3.63) is 89.0 Å². The molecular weight excluding hydrogens is 340 g/mol. The number of fused-ring (bicyclic) bond motifs is 12. The fourth-order valence-corrected chi connectivity index (χ4v) is 5.39. The Balaban J connectivity index is 1.74. The molecule has 0 bridgehead atoms. The fraction of sp³-hybridized carbons (Fsp3) is 0.111. The van der Waals surface area contributed by atoms with Crippen molar-refractivity contribution in [2.24, 2.45) is 0 Å². The van der Waals surface area contributed by atoms with Gasteiger partial charge in [-0.05, 0) is 64.1 Å². The summed E-state index contributed by atoms with van der Waals surface area (Å²) in [5.74, 6) is 0. The van der Waals surface area contributed by atoms with Crippen molar-refractivity contribution in [1.82, 2.24) is 0 Å². The molecule has 5 aromatic rings. The number of para-hydroxylation sites is 1. The molecule has 4 aromatic carbocycles. The van der Waals surface area contributed by atoms with Crippen LogP contribution < -0.4 is 0 Å². The van der Waals surface area contributed by atoms with Crippen LogP contribution in [0, 0.1) is 0 Å². The minimum absolute atomic E-state index is 0.984. The normalized spacial score (nSPS) is 14.6. The van der Waals surface area contributed by atoms with E-state index in [1.807, 2.05) is 0 Å². The number of rotatable bonds is 0. The molecule has 0 N–H and O–H groups in total. The average molecular weight is 358 g/mol. The summed E-state index contributed by atoms with van der Waals surface area (Å²) in [6.45, 7) is 0. The van der Waals surface area contributed by atoms with Crippen LogP contribution in [-0.4, -0.2) is 0 Å². The average Bonchev–Trinajstić information content (AvgIpc) is 3.32. The van der Waals surface area contributed by atoms with E-state index in [2.05, 4.69) is 72.8 Å². The smallest absolute Gasteiger partial charge is 0.143 e. The van der Waals surface area contributed by atoms with Crippen molar-refractivity contribution in [1.29, 1.82) is 0 Å². The van der Waals surface area contributed by atoms with Crippen LogP contribution >= 0.6 is 0 Å². The molecule has 132 valence electrons. The van der Waals surface area contributed by atoms with Gasteiger partial charge in [0.2, 0.25) is 0 Å². The fourth-order valence-electron chi connectivity index (χ4n) is 5.39. The molecule has 0 atom stereocenters. The molecular formula is C27H18O. The second-order valence-electron chi connectivity index (χ2n) is 7.98. The second kappa shape index (κ2) is 5.14. The van der Waals surface area contributed by atoms with E-state index in [9.17, 15) is 0 Å². The third-order valence-corrected chi connectivity index (χ3v) is 6.57. The molecule has 7 rings (SSSR count). The van der Waals surface area contributed by atoms with Gasteiger partial charge in [-0.2, -0.15) is 0 Å². The molecule has 1 aromatic heterocycles. The largest absolute Gasteiger partial charge is 0.455 e. The molecule has 0 radical (unpaired) electrons. The quantitative estimate of drug-likeness (QED) is 0.278. The first kappa shape index (κ1) is 14.7. The van der Waals surface area contributed by atoms with Crippen molar-refractivity contribution in [3.8, 4) is 11.1 Å². The highest BCUT2D eigenvalue weighted by Gasteiger charge is 2.26. The minimum Gasteiger partial charge on any atom is -0.455 e. The summed E-state index contributed by atoms with van der Waals surface area (Å²) in [5.41, 5.74) is 10.5. The maximum Gasteiger partial charge on any atom is 0.143 e. The summed E-state index contributed by atoms with van der Waals surface area (Å²) in [4.78, 5) is 0. The van der Waals surface area contributed by atoms with Crippen molar-refractivity contribution >= 4 is 38.8 Å². The Morgan fingerprint density at radius 2 is 1.57 bits per heavy atom. The molecule has 2 aliphatic rings. The van der Waals surface area contributed by atoms with Crippen molar-refractivity contribution in [2.75, 3.05) is 0 Å². The van der Waals surface area contributed by atoms with E-state index in [1.54, 1.807) is 0 Å². The lowest BCUT2D eigenvalue weighted by Gasteiger charge is -2.17. The van der Waals surface area contributed by atoms with E-state index in [-0.39, 0.29) is 0 Å². The van der Waals surface area contributed by atoms with Gasteiger partial charge >= 0.3 is 0 Å². The van der Waals surface area contributed by atoms with Crippen molar-refractivity contribution in [2.45, 2.75) is 19.3 Å². The van der Waals surface area contributed by atoms with Gasteiger partial charge in [0.15, 0.2) is 0 Å². The van der Waals surface area contributed by atoms with Gasteiger partial charge in [-0.1, -0.05) is 66.7 Å². The monoisotopic (exact) mass is 358 g/mol. The Morgan fingerprint density at radius 1 is 0.714 bits per heavy atom. The summed E-state index contributed by atoms with van der Waals surface area (Å²) >= 11 is 0. The van der Waals surface area contributed by atoms with Gasteiger partial charge in [0.1, 0.15) is 11.2 Å². The first-order chi connectivity index (χ1) is 13.9. The molecule has 0 saturated carbocycles. The molecule has 0 amide bonds. The van der Waals surface area contributed by atoms with Crippen LogP contribution in [-0.2, 0) is 12.8 Å². The Morgan fingerprint density at radius 3 is 2.57 bits per heavy atom. The number of hydrogen-bond donors (Lipinski definition) is 0. The molecule has 1 heteroatoms. The second-order valence-corrected chi connectivity index (χ2v) is 7.98. The highest BCUT2D eigenvalue weighted by molar-refractivity contribution is 6.21. The third kappa shape index (κ3) is 1.72. The van der Waals surface area contributed by atoms with Crippen LogP contribution in [0.3, 0.4) is 0 Å². The zero-order chi connectivity index (χ0) is 18.2. The Labute approximate surface area is 162 Å². The Bertz CT molecular complexity index is 1480. The van der Waals surface area contributed by atoms with Crippen LogP contribution in [0.5, 0.6) is 0 Å². The lowest BCUT2D eigenvalue weighted by Crippen LogP contribution is -1.98. The molecule has 0 spiro atoms. The van der Waals surface area contributed by atoms with Crippen LogP contribution in [0.15, 0.2) is 71.2 Å². The minimum atomic E-state index is 0.984.